The highest BCUT2D eigenvalue weighted by Crippen LogP contribution is 2.30. The van der Waals surface area contributed by atoms with Crippen LogP contribution in [0.15, 0.2) is 24.3 Å². The van der Waals surface area contributed by atoms with Crippen molar-refractivity contribution in [2.45, 2.75) is 45.6 Å². The molecule has 8 heteroatoms. The number of aromatic nitrogens is 2. The molecule has 0 aliphatic carbocycles. The minimum absolute atomic E-state index is 0.0261. The average Bonchev–Trinajstić information content (AvgIpc) is 3.12. The highest BCUT2D eigenvalue weighted by atomic mass is 16.5. The third-order valence-corrected chi connectivity index (χ3v) is 5.85. The van der Waals surface area contributed by atoms with Crippen LogP contribution in [0.3, 0.4) is 0 Å². The van der Waals surface area contributed by atoms with Gasteiger partial charge >= 0.3 is 5.97 Å². The number of ketones is 1. The Morgan fingerprint density at radius 2 is 1.97 bits per heavy atom. The van der Waals surface area contributed by atoms with E-state index in [9.17, 15) is 14.7 Å². The number of para-hydroxylation sites is 2. The van der Waals surface area contributed by atoms with Crippen molar-refractivity contribution in [1.82, 2.24) is 14.5 Å². The lowest BCUT2D eigenvalue weighted by Gasteiger charge is -2.40. The van der Waals surface area contributed by atoms with E-state index >= 15 is 0 Å². The number of fused-ring (bicyclic) bond motifs is 1. The predicted octanol–water partition coefficient (Wildman–Crippen LogP) is 2.93. The Morgan fingerprint density at radius 1 is 1.31 bits per heavy atom. The number of rotatable bonds is 8. The number of carbonyl (C=O) groups excluding carboxylic acids is 1. The van der Waals surface area contributed by atoms with Gasteiger partial charge in [0.25, 0.3) is 0 Å². The topological polar surface area (TPSA) is 93.9 Å². The number of ether oxygens (including phenoxy) is 2. The number of benzene rings is 1. The maximum Gasteiger partial charge on any atom is 0.351 e. The lowest BCUT2D eigenvalue weighted by Crippen LogP contribution is -2.56. The fourth-order valence-corrected chi connectivity index (χ4v) is 4.00. The predicted molar refractivity (Wildman–Crippen MR) is 108 cm³/mol. The molecule has 0 saturated carbocycles. The van der Waals surface area contributed by atoms with Crippen LogP contribution < -0.4 is 0 Å². The van der Waals surface area contributed by atoms with Gasteiger partial charge in [0, 0.05) is 32.7 Å². The minimum atomic E-state index is -1.38. The number of hydrogen-bond acceptors (Lipinski definition) is 6. The second-order valence-corrected chi connectivity index (χ2v) is 7.47. The molecule has 1 aliphatic rings. The molecule has 1 fully saturated rings. The number of aliphatic carboxylic acids is 1. The zero-order chi connectivity index (χ0) is 21.2. The van der Waals surface area contributed by atoms with Crippen molar-refractivity contribution in [3.8, 4) is 0 Å². The van der Waals surface area contributed by atoms with Crippen molar-refractivity contribution in [1.29, 1.82) is 0 Å². The number of likely N-dealkylation sites (tertiary alicyclic amines) is 1. The minimum Gasteiger partial charge on any atom is -0.478 e. The summed E-state index contributed by atoms with van der Waals surface area (Å²) in [5.41, 5.74) is 0.245. The second kappa shape index (κ2) is 8.61. The summed E-state index contributed by atoms with van der Waals surface area (Å²) < 4.78 is 12.9. The van der Waals surface area contributed by atoms with E-state index in [4.69, 9.17) is 9.47 Å². The van der Waals surface area contributed by atoms with Gasteiger partial charge < -0.3 is 14.6 Å². The van der Waals surface area contributed by atoms with Gasteiger partial charge in [0.1, 0.15) is 6.23 Å². The quantitative estimate of drug-likeness (QED) is 0.677. The molecule has 0 bridgehead atoms. The molecule has 8 nitrogen and oxygen atoms in total. The molecule has 2 aromatic rings. The maximum atomic E-state index is 13.4. The molecule has 1 aromatic carbocycles. The number of carbonyl (C=O) groups is 2. The third kappa shape index (κ3) is 3.92. The molecule has 2 unspecified atom stereocenters. The first-order valence-corrected chi connectivity index (χ1v) is 9.99. The highest BCUT2D eigenvalue weighted by molar-refractivity contribution is 5.98. The summed E-state index contributed by atoms with van der Waals surface area (Å²) in [5.74, 6) is -0.872. The van der Waals surface area contributed by atoms with Crippen LogP contribution in [0.25, 0.3) is 11.0 Å². The Balaban J connectivity index is 1.84. The average molecular weight is 403 g/mol. The van der Waals surface area contributed by atoms with E-state index in [0.29, 0.717) is 38.4 Å². The van der Waals surface area contributed by atoms with E-state index in [1.165, 1.54) is 7.11 Å². The smallest absolute Gasteiger partial charge is 0.351 e. The van der Waals surface area contributed by atoms with Gasteiger partial charge in [-0.3, -0.25) is 14.3 Å². The van der Waals surface area contributed by atoms with E-state index in [1.54, 1.807) is 11.8 Å². The lowest BCUT2D eigenvalue weighted by atomic mass is 9.91. The molecular formula is C21H29N3O5. The number of imidazole rings is 1. The summed E-state index contributed by atoms with van der Waals surface area (Å²) in [7, 11) is 1.39. The fraction of sp³-hybridized carbons (Fsp3) is 0.571. The Hall–Kier alpha value is -2.29. The first-order chi connectivity index (χ1) is 13.8. The van der Waals surface area contributed by atoms with Gasteiger partial charge in [-0.15, -0.1) is 0 Å². The van der Waals surface area contributed by atoms with Gasteiger partial charge in [0.05, 0.1) is 11.0 Å². The van der Waals surface area contributed by atoms with Gasteiger partial charge in [0.2, 0.25) is 11.5 Å². The summed E-state index contributed by atoms with van der Waals surface area (Å²) in [5, 5.41) is 9.51. The van der Waals surface area contributed by atoms with E-state index in [1.807, 2.05) is 42.7 Å². The summed E-state index contributed by atoms with van der Waals surface area (Å²) in [6, 6.07) is 7.65. The summed E-state index contributed by atoms with van der Waals surface area (Å²) in [4.78, 5) is 31.3. The van der Waals surface area contributed by atoms with Gasteiger partial charge in [-0.2, -0.15) is 0 Å². The first-order valence-electron chi connectivity index (χ1n) is 9.99. The summed E-state index contributed by atoms with van der Waals surface area (Å²) in [6.07, 6.45) is 0.796. The zero-order valence-electron chi connectivity index (χ0n) is 17.4. The van der Waals surface area contributed by atoms with Gasteiger partial charge in [-0.1, -0.05) is 12.1 Å². The fourth-order valence-electron chi connectivity index (χ4n) is 4.00. The van der Waals surface area contributed by atoms with Crippen molar-refractivity contribution in [3.05, 3.63) is 30.1 Å². The number of carboxylic acids is 1. The van der Waals surface area contributed by atoms with Gasteiger partial charge in [-0.25, -0.2) is 9.78 Å². The molecule has 0 spiro atoms. The van der Waals surface area contributed by atoms with E-state index in [0.717, 1.165) is 11.0 Å². The molecule has 3 rings (SSSR count). The molecule has 1 N–H and O–H groups in total. The number of Topliss-reactive ketones (excluding diaryl/α,β-unsaturated/α-hetero) is 1. The molecule has 2 heterocycles. The maximum absolute atomic E-state index is 13.4. The third-order valence-electron chi connectivity index (χ3n) is 5.85. The van der Waals surface area contributed by atoms with Crippen LogP contribution >= 0.6 is 0 Å². The van der Waals surface area contributed by atoms with Crippen LogP contribution in [0, 0.1) is 5.92 Å². The Kier molecular flexibility index (Phi) is 6.36. The molecule has 1 saturated heterocycles. The largest absolute Gasteiger partial charge is 0.478 e. The van der Waals surface area contributed by atoms with E-state index < -0.39 is 11.7 Å². The number of hydrogen-bond donors (Lipinski definition) is 1. The molecule has 158 valence electrons. The highest BCUT2D eigenvalue weighted by Gasteiger charge is 2.42. The Morgan fingerprint density at radius 3 is 2.55 bits per heavy atom. The van der Waals surface area contributed by atoms with E-state index in [2.05, 4.69) is 4.98 Å². The molecule has 0 amide bonds. The monoisotopic (exact) mass is 403 g/mol. The zero-order valence-corrected chi connectivity index (χ0v) is 17.4. The lowest BCUT2D eigenvalue weighted by molar-refractivity contribution is -0.188. The Bertz CT molecular complexity index is 888. The van der Waals surface area contributed by atoms with Gasteiger partial charge in [-0.05, 0) is 45.7 Å². The van der Waals surface area contributed by atoms with Crippen LogP contribution in [0.4, 0.5) is 0 Å². The number of carboxylic acid groups (broad SMARTS) is 1. The SMILES string of the molecule is CCOC(C)n1c(C(=O)C2CCN(C(C)(OC)C(=O)O)CC2)nc2ccccc21. The van der Waals surface area contributed by atoms with Crippen molar-refractivity contribution in [3.63, 3.8) is 0 Å². The molecule has 29 heavy (non-hydrogen) atoms. The van der Waals surface area contributed by atoms with Crippen molar-refractivity contribution in [2.75, 3.05) is 26.8 Å². The van der Waals surface area contributed by atoms with Crippen molar-refractivity contribution < 1.29 is 24.2 Å². The molecule has 0 radical (unpaired) electrons. The van der Waals surface area contributed by atoms with Crippen LogP contribution in [-0.4, -0.2) is 63.8 Å². The number of piperidine rings is 1. The standard InChI is InChI=1S/C21H29N3O5/c1-5-29-14(2)24-17-9-7-6-8-16(17)22-19(24)18(25)15-10-12-23(13-11-15)21(3,28-4)20(26)27/h6-9,14-15H,5,10-13H2,1-4H3,(H,26,27). The number of nitrogens with zero attached hydrogens (tertiary/aromatic N) is 3. The summed E-state index contributed by atoms with van der Waals surface area (Å²) in [6.45, 7) is 6.84. The van der Waals surface area contributed by atoms with Crippen LogP contribution in [0.5, 0.6) is 0 Å². The molecular weight excluding hydrogens is 374 g/mol. The normalized spacial score (nSPS) is 19.2. The molecule has 2 atom stereocenters. The van der Waals surface area contributed by atoms with Gasteiger partial charge in [0.15, 0.2) is 5.82 Å². The van der Waals surface area contributed by atoms with Crippen LogP contribution in [0.2, 0.25) is 0 Å². The van der Waals surface area contributed by atoms with Crippen molar-refractivity contribution >= 4 is 22.8 Å². The second-order valence-electron chi connectivity index (χ2n) is 7.47. The van der Waals surface area contributed by atoms with E-state index in [-0.39, 0.29) is 17.9 Å². The summed E-state index contributed by atoms with van der Waals surface area (Å²) >= 11 is 0. The molecule has 1 aromatic heterocycles. The van der Waals surface area contributed by atoms with Crippen LogP contribution in [-0.2, 0) is 14.3 Å². The first kappa shape index (κ1) is 21.4. The van der Waals surface area contributed by atoms with Crippen molar-refractivity contribution in [2.24, 2.45) is 5.92 Å². The van der Waals surface area contributed by atoms with Crippen LogP contribution in [0.1, 0.15) is 50.5 Å². The Labute approximate surface area is 170 Å². The molecule has 1 aliphatic heterocycles. The number of methoxy groups -OCH3 is 1.